The van der Waals surface area contributed by atoms with Gasteiger partial charge in [-0.05, 0) is 0 Å². The zero-order valence-corrected chi connectivity index (χ0v) is 17.7. The molecule has 0 bridgehead atoms. The fraction of sp³-hybridized carbons (Fsp3) is 0.727. The second-order valence-electron chi connectivity index (χ2n) is 8.87. The number of hydrogen-bond acceptors (Lipinski definition) is 2. The molecule has 1 aromatic carbocycles. The van der Waals surface area contributed by atoms with Crippen LogP contribution in [0.15, 0.2) is 18.2 Å². The summed E-state index contributed by atoms with van der Waals surface area (Å²) in [6, 6.07) is 6.11. The summed E-state index contributed by atoms with van der Waals surface area (Å²) in [5.41, 5.74) is 3.05. The van der Waals surface area contributed by atoms with Gasteiger partial charge in [0.15, 0.2) is 0 Å². The second-order valence-corrected chi connectivity index (χ2v) is 11.5. The number of rotatable bonds is 4. The van der Waals surface area contributed by atoms with Crippen molar-refractivity contribution in [3.05, 3.63) is 29.3 Å². The molecule has 2 N–H and O–H groups in total. The normalized spacial score (nSPS) is 39.7. The van der Waals surface area contributed by atoms with E-state index in [4.69, 9.17) is 0 Å². The Bertz CT molecular complexity index is 630. The van der Waals surface area contributed by atoms with Crippen molar-refractivity contribution < 1.29 is 31.4 Å². The van der Waals surface area contributed by atoms with Gasteiger partial charge in [-0.3, -0.25) is 0 Å². The van der Waals surface area contributed by atoms with E-state index in [1.165, 1.54) is 41.2 Å². The Hall–Kier alpha value is -0.290. The van der Waals surface area contributed by atoms with E-state index < -0.39 is 0 Å². The van der Waals surface area contributed by atoms with Crippen LogP contribution in [-0.4, -0.2) is 25.7 Å². The van der Waals surface area contributed by atoms with Crippen LogP contribution >= 0.6 is 0 Å². The number of fused-ring (bicyclic) bond motifs is 5. The van der Waals surface area contributed by atoms with Gasteiger partial charge in [0.25, 0.3) is 0 Å². The molecule has 4 rings (SSSR count). The van der Waals surface area contributed by atoms with Gasteiger partial charge in [-0.25, -0.2) is 0 Å². The average molecular weight is 455 g/mol. The quantitative estimate of drug-likeness (QED) is 0.409. The zero-order valence-electron chi connectivity index (χ0n) is 15.5. The van der Waals surface area contributed by atoms with E-state index in [2.05, 4.69) is 17.9 Å². The van der Waals surface area contributed by atoms with Gasteiger partial charge < -0.3 is 0 Å². The summed E-state index contributed by atoms with van der Waals surface area (Å²) in [5.74, 6) is 3.23. The van der Waals surface area contributed by atoms with Gasteiger partial charge in [0.05, 0.1) is 0 Å². The van der Waals surface area contributed by atoms with Gasteiger partial charge in [-0.1, -0.05) is 0 Å². The second kappa shape index (κ2) is 7.03. The Morgan fingerprint density at radius 1 is 1.24 bits per heavy atom. The Morgan fingerprint density at radius 3 is 2.88 bits per heavy atom. The van der Waals surface area contributed by atoms with Crippen molar-refractivity contribution in [1.82, 2.24) is 0 Å². The molecule has 140 valence electrons. The molecule has 2 saturated carbocycles. The molecule has 3 aliphatic rings. The molecule has 2 nitrogen and oxygen atoms in total. The first-order valence-corrected chi connectivity index (χ1v) is 13.7. The molecule has 2 fully saturated rings. The van der Waals surface area contributed by atoms with Crippen LogP contribution in [0.25, 0.3) is 0 Å². The molecule has 0 spiro atoms. The number of benzene rings is 1. The Kier molecular flexibility index (Phi) is 5.09. The number of aliphatic hydroxyl groups excluding tert-OH is 1. The third kappa shape index (κ3) is 3.03. The maximum atomic E-state index is 10.7. The summed E-state index contributed by atoms with van der Waals surface area (Å²) in [4.78, 5) is 2.39. The molecule has 1 aromatic rings. The van der Waals surface area contributed by atoms with Crippen LogP contribution in [0.4, 0.5) is 0 Å². The number of alkyl halides is 2. The first-order valence-electron chi connectivity index (χ1n) is 9.98. The number of phenols is 1. The van der Waals surface area contributed by atoms with E-state index in [9.17, 15) is 10.2 Å². The number of aliphatic hydroxyl groups is 1. The molecule has 0 heterocycles. The van der Waals surface area contributed by atoms with Crippen LogP contribution in [0.3, 0.4) is 0 Å². The summed E-state index contributed by atoms with van der Waals surface area (Å²) in [6.07, 6.45) is 8.34. The summed E-state index contributed by atoms with van der Waals surface area (Å²) in [7, 11) is 0. The molecule has 0 amide bonds. The topological polar surface area (TPSA) is 40.5 Å². The van der Waals surface area contributed by atoms with Crippen molar-refractivity contribution >= 4 is 0 Å². The number of phenolic OH excluding ortho intramolecular Hbond substituents is 1. The Labute approximate surface area is 162 Å². The van der Waals surface area contributed by atoms with Gasteiger partial charge in [0, 0.05) is 0 Å². The minimum absolute atomic E-state index is 0.0955. The number of aromatic hydroxyl groups is 1. The van der Waals surface area contributed by atoms with Crippen LogP contribution in [0.2, 0.25) is 0 Å². The van der Waals surface area contributed by atoms with Crippen LogP contribution in [0.5, 0.6) is 5.75 Å². The van der Waals surface area contributed by atoms with Crippen LogP contribution in [-0.2, 0) is 6.42 Å². The van der Waals surface area contributed by atoms with Gasteiger partial charge >= 0.3 is 163 Å². The monoisotopic (exact) mass is 455 g/mol. The molecule has 3 heteroatoms. The van der Waals surface area contributed by atoms with Crippen molar-refractivity contribution in [2.75, 3.05) is 9.36 Å². The van der Waals surface area contributed by atoms with E-state index in [0.29, 0.717) is 38.8 Å². The van der Waals surface area contributed by atoms with E-state index >= 15 is 0 Å². The van der Waals surface area contributed by atoms with Crippen molar-refractivity contribution in [2.45, 2.75) is 63.9 Å². The summed E-state index contributed by atoms with van der Waals surface area (Å²) in [6.45, 7) is 2.37. The molecule has 6 atom stereocenters. The first-order chi connectivity index (χ1) is 12.0. The van der Waals surface area contributed by atoms with Crippen LogP contribution in [0, 0.1) is 23.2 Å². The average Bonchev–Trinajstić information content (AvgIpc) is 2.90. The molecule has 6 unspecified atom stereocenters. The predicted molar refractivity (Wildman–Crippen MR) is 97.6 cm³/mol. The van der Waals surface area contributed by atoms with Gasteiger partial charge in [-0.2, -0.15) is 0 Å². The molecular formula is C22H32IO2-. The molecule has 0 aliphatic heterocycles. The van der Waals surface area contributed by atoms with Crippen molar-refractivity contribution in [3.63, 3.8) is 0 Å². The third-order valence-electron chi connectivity index (χ3n) is 7.73. The fourth-order valence-electron chi connectivity index (χ4n) is 6.50. The van der Waals surface area contributed by atoms with Crippen LogP contribution in [0.1, 0.15) is 62.5 Å². The molecular weight excluding hydrogens is 423 g/mol. The SMILES string of the molecule is C[I-]CCCC1Cc2cc(O)ccc2C2CCC3(C)C(O)CCC3C12. The van der Waals surface area contributed by atoms with E-state index in [1.807, 2.05) is 12.1 Å². The summed E-state index contributed by atoms with van der Waals surface area (Å²) in [5, 5.41) is 20.7. The van der Waals surface area contributed by atoms with E-state index in [-0.39, 0.29) is 11.5 Å². The molecule has 0 saturated heterocycles. The Balaban J connectivity index is 1.69. The number of hydrogen-bond donors (Lipinski definition) is 2. The molecule has 0 aromatic heterocycles. The zero-order chi connectivity index (χ0) is 17.6. The van der Waals surface area contributed by atoms with Gasteiger partial charge in [0.2, 0.25) is 0 Å². The van der Waals surface area contributed by atoms with Gasteiger partial charge in [-0.15, -0.1) is 0 Å². The first kappa shape index (κ1) is 18.1. The molecule has 25 heavy (non-hydrogen) atoms. The van der Waals surface area contributed by atoms with E-state index in [1.54, 1.807) is 0 Å². The predicted octanol–water partition coefficient (Wildman–Crippen LogP) is 1.33. The Morgan fingerprint density at radius 2 is 2.08 bits per heavy atom. The van der Waals surface area contributed by atoms with E-state index in [0.717, 1.165) is 31.1 Å². The summed E-state index contributed by atoms with van der Waals surface area (Å²) < 4.78 is 1.43. The molecule has 0 radical (unpaired) electrons. The van der Waals surface area contributed by atoms with Crippen molar-refractivity contribution in [3.8, 4) is 5.75 Å². The third-order valence-corrected chi connectivity index (χ3v) is 9.57. The van der Waals surface area contributed by atoms with Crippen molar-refractivity contribution in [1.29, 1.82) is 0 Å². The van der Waals surface area contributed by atoms with Gasteiger partial charge in [0.1, 0.15) is 0 Å². The summed E-state index contributed by atoms with van der Waals surface area (Å²) >= 11 is 0.390. The minimum atomic E-state index is -0.0955. The standard InChI is InChI=1S/C22H32IO2/c1-22-10-9-18-17-6-5-16(24)13-15(17)12-14(4-3-11-23-2)21(18)19(22)7-8-20(22)25/h5-6,13-14,18-21,24-25H,3-4,7-12H2,1-2H3/q-1. The fourth-order valence-corrected chi connectivity index (χ4v) is 7.71. The van der Waals surface area contributed by atoms with Crippen molar-refractivity contribution in [2.24, 2.45) is 23.2 Å². The molecule has 3 aliphatic carbocycles. The number of halogens is 1. The van der Waals surface area contributed by atoms with Crippen LogP contribution < -0.4 is 21.2 Å². The maximum absolute atomic E-state index is 10.7.